The maximum atomic E-state index is 12.9. The lowest BCUT2D eigenvalue weighted by Gasteiger charge is -2.27. The van der Waals surface area contributed by atoms with Crippen molar-refractivity contribution in [2.24, 2.45) is 5.14 Å². The van der Waals surface area contributed by atoms with Gasteiger partial charge >= 0.3 is 5.69 Å². The molecule has 2 amide bonds. The zero-order chi connectivity index (χ0) is 22.1. The number of nitrogens with zero attached hydrogens (tertiary/aromatic N) is 2. The number of nitro groups is 1. The Morgan fingerprint density at radius 2 is 2.03 bits per heavy atom. The molecule has 11 nitrogen and oxygen atoms in total. The number of para-hydroxylation sites is 2. The number of ether oxygens (including phenoxy) is 1. The lowest BCUT2D eigenvalue weighted by atomic mass is 10.1. The van der Waals surface area contributed by atoms with Crippen molar-refractivity contribution < 1.29 is 27.7 Å². The first-order valence-electron chi connectivity index (χ1n) is 8.73. The van der Waals surface area contributed by atoms with Gasteiger partial charge in [0.05, 0.1) is 21.2 Å². The molecule has 3 N–H and O–H groups in total. The Bertz CT molecular complexity index is 1130. The van der Waals surface area contributed by atoms with Gasteiger partial charge in [0.25, 0.3) is 5.91 Å². The van der Waals surface area contributed by atoms with Crippen LogP contribution in [0.15, 0.2) is 47.4 Å². The van der Waals surface area contributed by atoms with E-state index in [1.165, 1.54) is 4.90 Å². The highest BCUT2D eigenvalue weighted by Crippen LogP contribution is 2.32. The average Bonchev–Trinajstić information content (AvgIpc) is 2.79. The van der Waals surface area contributed by atoms with Crippen LogP contribution < -0.4 is 20.1 Å². The molecule has 0 aromatic heterocycles. The van der Waals surface area contributed by atoms with Gasteiger partial charge in [-0.15, -0.1) is 0 Å². The normalized spacial score (nSPS) is 16.3. The Kier molecular flexibility index (Phi) is 5.71. The Labute approximate surface area is 171 Å². The van der Waals surface area contributed by atoms with E-state index in [0.717, 1.165) is 18.2 Å². The molecular formula is C18H18N4O7S. The topological polar surface area (TPSA) is 162 Å². The Morgan fingerprint density at radius 3 is 2.70 bits per heavy atom. The number of hydrogen-bond donors (Lipinski definition) is 2. The number of amides is 2. The van der Waals surface area contributed by atoms with Crippen molar-refractivity contribution in [1.29, 1.82) is 0 Å². The molecule has 158 valence electrons. The van der Waals surface area contributed by atoms with Crippen LogP contribution in [0.3, 0.4) is 0 Å². The molecule has 2 aromatic rings. The summed E-state index contributed by atoms with van der Waals surface area (Å²) < 4.78 is 28.2. The number of sulfonamides is 1. The first-order chi connectivity index (χ1) is 14.1. The Morgan fingerprint density at radius 1 is 1.33 bits per heavy atom. The summed E-state index contributed by atoms with van der Waals surface area (Å²) in [4.78, 5) is 36.3. The molecule has 1 aliphatic heterocycles. The van der Waals surface area contributed by atoms with E-state index in [-0.39, 0.29) is 18.1 Å². The Hall–Kier alpha value is -3.51. The summed E-state index contributed by atoms with van der Waals surface area (Å²) in [5.41, 5.74) is 0.294. The van der Waals surface area contributed by atoms with Crippen molar-refractivity contribution in [1.82, 2.24) is 0 Å². The van der Waals surface area contributed by atoms with Crippen molar-refractivity contribution in [3.8, 4) is 5.75 Å². The molecule has 0 aliphatic carbocycles. The molecule has 1 atom stereocenters. The molecule has 0 fully saturated rings. The number of carbonyl (C=O) groups is 2. The molecule has 0 unspecified atom stereocenters. The molecule has 12 heteroatoms. The second kappa shape index (κ2) is 8.08. The van der Waals surface area contributed by atoms with Crippen molar-refractivity contribution in [2.45, 2.75) is 24.3 Å². The second-order valence-electron chi connectivity index (χ2n) is 6.60. The third-order valence-corrected chi connectivity index (χ3v) is 5.35. The first-order valence-corrected chi connectivity index (χ1v) is 10.3. The lowest BCUT2D eigenvalue weighted by molar-refractivity contribution is -0.386. The van der Waals surface area contributed by atoms with E-state index in [4.69, 9.17) is 9.88 Å². The molecule has 0 radical (unpaired) electrons. The van der Waals surface area contributed by atoms with Gasteiger partial charge in [-0.25, -0.2) is 13.6 Å². The van der Waals surface area contributed by atoms with Crippen LogP contribution in [0.2, 0.25) is 0 Å². The third-order valence-electron chi connectivity index (χ3n) is 4.43. The first kappa shape index (κ1) is 21.2. The van der Waals surface area contributed by atoms with Crippen LogP contribution in [0.1, 0.15) is 13.3 Å². The molecule has 0 bridgehead atoms. The third kappa shape index (κ3) is 4.39. The summed E-state index contributed by atoms with van der Waals surface area (Å²) in [7, 11) is -4.15. The fraction of sp³-hybridized carbons (Fsp3) is 0.222. The molecule has 0 spiro atoms. The monoisotopic (exact) mass is 434 g/mol. The summed E-state index contributed by atoms with van der Waals surface area (Å²) in [6.07, 6.45) is 0.0592. The highest BCUT2D eigenvalue weighted by molar-refractivity contribution is 7.89. The fourth-order valence-corrected chi connectivity index (χ4v) is 3.65. The van der Waals surface area contributed by atoms with Crippen LogP contribution in [0.25, 0.3) is 0 Å². The van der Waals surface area contributed by atoms with Gasteiger partial charge in [0.2, 0.25) is 15.9 Å². The summed E-state index contributed by atoms with van der Waals surface area (Å²) in [6.45, 7) is 1.13. The van der Waals surface area contributed by atoms with Gasteiger partial charge in [-0.05, 0) is 31.2 Å². The van der Waals surface area contributed by atoms with E-state index < -0.39 is 44.1 Å². The summed E-state index contributed by atoms with van der Waals surface area (Å²) >= 11 is 0. The van der Waals surface area contributed by atoms with E-state index in [1.54, 1.807) is 31.2 Å². The van der Waals surface area contributed by atoms with Gasteiger partial charge in [0.15, 0.2) is 12.4 Å². The number of nitro benzene ring substituents is 1. The van der Waals surface area contributed by atoms with E-state index >= 15 is 0 Å². The molecule has 0 saturated carbocycles. The number of anilines is 2. The molecular weight excluding hydrogens is 416 g/mol. The van der Waals surface area contributed by atoms with Gasteiger partial charge in [0.1, 0.15) is 0 Å². The standard InChI is InChI=1S/C18H18N4O7S/c1-11-8-17(23)20-13-4-2-3-5-14(13)21(11)18(24)10-29-16-7-6-12(30(19,27)28)9-15(16)22(25)26/h2-7,9,11H,8,10H2,1H3,(H,20,23)(H2,19,27,28)/t11-/m1/s1. The quantitative estimate of drug-likeness (QED) is 0.530. The minimum Gasteiger partial charge on any atom is -0.477 e. The van der Waals surface area contributed by atoms with Crippen LogP contribution in [0.5, 0.6) is 5.75 Å². The summed E-state index contributed by atoms with van der Waals surface area (Å²) in [6, 6.07) is 9.14. The highest BCUT2D eigenvalue weighted by Gasteiger charge is 2.30. The predicted octanol–water partition coefficient (Wildman–Crippen LogP) is 1.38. The number of carbonyl (C=O) groups excluding carboxylic acids is 2. The molecule has 1 heterocycles. The van der Waals surface area contributed by atoms with Crippen molar-refractivity contribution >= 4 is 38.9 Å². The molecule has 1 aliphatic rings. The maximum Gasteiger partial charge on any atom is 0.312 e. The number of nitrogens with one attached hydrogen (secondary N) is 1. The fourth-order valence-electron chi connectivity index (χ4n) is 3.12. The van der Waals surface area contributed by atoms with Crippen molar-refractivity contribution in [2.75, 3.05) is 16.8 Å². The van der Waals surface area contributed by atoms with Crippen LogP contribution in [-0.4, -0.2) is 37.8 Å². The maximum absolute atomic E-state index is 12.9. The van der Waals surface area contributed by atoms with E-state index in [0.29, 0.717) is 11.4 Å². The molecule has 3 rings (SSSR count). The van der Waals surface area contributed by atoms with E-state index in [1.807, 2.05) is 0 Å². The van der Waals surface area contributed by atoms with Gasteiger partial charge in [-0.3, -0.25) is 19.7 Å². The number of primary sulfonamides is 1. The highest BCUT2D eigenvalue weighted by atomic mass is 32.2. The van der Waals surface area contributed by atoms with Crippen molar-refractivity contribution in [3.63, 3.8) is 0 Å². The number of benzene rings is 2. The number of fused-ring (bicyclic) bond motifs is 1. The largest absolute Gasteiger partial charge is 0.477 e. The lowest BCUT2D eigenvalue weighted by Crippen LogP contribution is -2.41. The molecule has 30 heavy (non-hydrogen) atoms. The van der Waals surface area contributed by atoms with Crippen molar-refractivity contribution in [3.05, 3.63) is 52.6 Å². The Balaban J connectivity index is 1.87. The minimum atomic E-state index is -4.15. The number of nitrogens with two attached hydrogens (primary N) is 1. The van der Waals surface area contributed by atoms with Gasteiger partial charge in [-0.2, -0.15) is 0 Å². The average molecular weight is 434 g/mol. The predicted molar refractivity (Wildman–Crippen MR) is 107 cm³/mol. The van der Waals surface area contributed by atoms with Gasteiger partial charge in [0, 0.05) is 18.5 Å². The molecule has 2 aromatic carbocycles. The second-order valence-corrected chi connectivity index (χ2v) is 8.16. The van der Waals surface area contributed by atoms with Gasteiger partial charge < -0.3 is 15.0 Å². The van der Waals surface area contributed by atoms with E-state index in [9.17, 15) is 28.1 Å². The van der Waals surface area contributed by atoms with Gasteiger partial charge in [-0.1, -0.05) is 12.1 Å². The summed E-state index contributed by atoms with van der Waals surface area (Å²) in [5.74, 6) is -1.07. The minimum absolute atomic E-state index is 0.0592. The number of hydrogen-bond acceptors (Lipinski definition) is 7. The van der Waals surface area contributed by atoms with Crippen LogP contribution in [0.4, 0.5) is 17.1 Å². The smallest absolute Gasteiger partial charge is 0.312 e. The summed E-state index contributed by atoms with van der Waals surface area (Å²) in [5, 5.41) is 19.0. The van der Waals surface area contributed by atoms with E-state index in [2.05, 4.69) is 5.32 Å². The number of rotatable bonds is 5. The van der Waals surface area contributed by atoms with Crippen LogP contribution >= 0.6 is 0 Å². The SMILES string of the molecule is C[C@@H]1CC(=O)Nc2ccccc2N1C(=O)COc1ccc(S(N)(=O)=O)cc1[N+](=O)[O-]. The molecule has 0 saturated heterocycles. The zero-order valence-electron chi connectivity index (χ0n) is 15.8. The van der Waals surface area contributed by atoms with Crippen LogP contribution in [-0.2, 0) is 19.6 Å². The van der Waals surface area contributed by atoms with Crippen LogP contribution in [0, 0.1) is 10.1 Å². The zero-order valence-corrected chi connectivity index (χ0v) is 16.6.